The quantitative estimate of drug-likeness (QED) is 0.336. The molecule has 0 radical (unpaired) electrons. The summed E-state index contributed by atoms with van der Waals surface area (Å²) in [5, 5.41) is 9.06. The molecule has 2 amide bonds. The van der Waals surface area contributed by atoms with E-state index in [1.165, 1.54) is 12.5 Å². The molecule has 1 aliphatic heterocycles. The number of carbonyl (C=O) groups is 2. The summed E-state index contributed by atoms with van der Waals surface area (Å²) in [6, 6.07) is 16.5. The van der Waals surface area contributed by atoms with Crippen molar-refractivity contribution < 1.29 is 9.59 Å². The summed E-state index contributed by atoms with van der Waals surface area (Å²) in [5.74, 6) is 0.481. The highest BCUT2D eigenvalue weighted by molar-refractivity contribution is 7.13. The zero-order chi connectivity index (χ0) is 29.3. The summed E-state index contributed by atoms with van der Waals surface area (Å²) < 4.78 is 0. The molecule has 1 fully saturated rings. The molecule has 2 heterocycles. The van der Waals surface area contributed by atoms with Crippen LogP contribution in [0, 0.1) is 0 Å². The van der Waals surface area contributed by atoms with Crippen LogP contribution in [0.2, 0.25) is 0 Å². The smallest absolute Gasteiger partial charge is 0.217 e. The average Bonchev–Trinajstić information content (AvgIpc) is 3.44. The van der Waals surface area contributed by atoms with E-state index in [-0.39, 0.29) is 22.9 Å². The van der Waals surface area contributed by atoms with Crippen LogP contribution >= 0.6 is 22.9 Å². The lowest BCUT2D eigenvalue weighted by atomic mass is 9.93. The molecule has 0 aliphatic carbocycles. The van der Waals surface area contributed by atoms with Gasteiger partial charge in [-0.15, -0.1) is 22.9 Å². The van der Waals surface area contributed by atoms with Crippen LogP contribution in [0.5, 0.6) is 0 Å². The van der Waals surface area contributed by atoms with Gasteiger partial charge in [0.1, 0.15) is 0 Å². The lowest BCUT2D eigenvalue weighted by Crippen LogP contribution is -2.45. The Balaban J connectivity index is 0.000000252. The van der Waals surface area contributed by atoms with Crippen molar-refractivity contribution in [2.24, 2.45) is 0 Å². The Kier molecular flexibility index (Phi) is 11.1. The highest BCUT2D eigenvalue weighted by atomic mass is 35.5. The Morgan fingerprint density at radius 1 is 0.825 bits per heavy atom. The van der Waals surface area contributed by atoms with E-state index >= 15 is 0 Å². The topological polar surface area (TPSA) is 77.6 Å². The van der Waals surface area contributed by atoms with Gasteiger partial charge in [0.05, 0.1) is 11.1 Å². The monoisotopic (exact) mass is 583 g/mol. The summed E-state index contributed by atoms with van der Waals surface area (Å²) in [4.78, 5) is 31.6. The van der Waals surface area contributed by atoms with E-state index in [1.54, 1.807) is 18.3 Å². The molecule has 0 saturated carbocycles. The summed E-state index contributed by atoms with van der Waals surface area (Å²) in [6.07, 6.45) is 1.87. The summed E-state index contributed by atoms with van der Waals surface area (Å²) in [6.45, 7) is 16.2. The number of thiazole rings is 1. The Morgan fingerprint density at radius 3 is 1.70 bits per heavy atom. The van der Waals surface area contributed by atoms with Crippen LogP contribution in [0.3, 0.4) is 0 Å². The van der Waals surface area contributed by atoms with Crippen molar-refractivity contribution >= 4 is 39.9 Å². The molecule has 1 saturated heterocycles. The highest BCUT2D eigenvalue weighted by Crippen LogP contribution is 2.23. The normalized spacial score (nSPS) is 14.2. The first-order valence-corrected chi connectivity index (χ1v) is 15.0. The molecule has 0 unspecified atom stereocenters. The molecular weight excluding hydrogens is 542 g/mol. The van der Waals surface area contributed by atoms with Gasteiger partial charge in [0.2, 0.25) is 11.8 Å². The molecule has 4 rings (SSSR count). The third kappa shape index (κ3) is 9.32. The maximum atomic E-state index is 11.3. The van der Waals surface area contributed by atoms with Crippen molar-refractivity contribution in [1.29, 1.82) is 0 Å². The first-order valence-electron chi connectivity index (χ1n) is 13.6. The molecule has 216 valence electrons. The summed E-state index contributed by atoms with van der Waals surface area (Å²) in [7, 11) is 0. The Morgan fingerprint density at radius 2 is 1.30 bits per heavy atom. The molecule has 3 aromatic rings. The zero-order valence-corrected chi connectivity index (χ0v) is 26.0. The first-order chi connectivity index (χ1) is 18.9. The van der Waals surface area contributed by atoms with Gasteiger partial charge in [0.25, 0.3) is 0 Å². The minimum atomic E-state index is -0.344. The van der Waals surface area contributed by atoms with E-state index in [2.05, 4.69) is 49.7 Å². The van der Waals surface area contributed by atoms with Gasteiger partial charge in [-0.3, -0.25) is 14.5 Å². The maximum Gasteiger partial charge on any atom is 0.217 e. The van der Waals surface area contributed by atoms with Crippen LogP contribution < -0.4 is 15.5 Å². The van der Waals surface area contributed by atoms with Crippen molar-refractivity contribution in [3.05, 3.63) is 82.4 Å². The minimum absolute atomic E-state index is 0.00724. The van der Waals surface area contributed by atoms with Crippen molar-refractivity contribution in [2.75, 3.05) is 31.1 Å². The van der Waals surface area contributed by atoms with E-state index in [9.17, 15) is 9.59 Å². The van der Waals surface area contributed by atoms with Gasteiger partial charge in [0.15, 0.2) is 5.13 Å². The van der Waals surface area contributed by atoms with Crippen molar-refractivity contribution in [3.8, 4) is 0 Å². The number of aromatic nitrogens is 1. The fourth-order valence-electron chi connectivity index (χ4n) is 4.79. The number of rotatable bonds is 8. The Labute approximate surface area is 247 Å². The number of hydrogen-bond acceptors (Lipinski definition) is 6. The number of nitrogens with one attached hydrogen (secondary N) is 2. The first kappa shape index (κ1) is 31.6. The third-order valence-corrected chi connectivity index (χ3v) is 8.09. The predicted molar refractivity (Wildman–Crippen MR) is 166 cm³/mol. The summed E-state index contributed by atoms with van der Waals surface area (Å²) in [5.41, 5.74) is 3.91. The van der Waals surface area contributed by atoms with E-state index in [1.807, 2.05) is 63.5 Å². The zero-order valence-electron chi connectivity index (χ0n) is 24.5. The minimum Gasteiger partial charge on any atom is -0.347 e. The number of alkyl halides is 1. The molecule has 2 N–H and O–H groups in total. The molecule has 7 nitrogen and oxygen atoms in total. The Bertz CT molecular complexity index is 1220. The number of benzene rings is 2. The predicted octanol–water partition coefficient (Wildman–Crippen LogP) is 5.63. The number of hydrogen-bond donors (Lipinski definition) is 2. The standard InChI is InChI=1S/C19H26N4OS.C12H16ClNO/c1-15(24)21-19(2,3)17-6-4-16(5-7-17)14-22-9-11-23(12-10-22)18-20-8-13-25-18;1-9(15)14-12(2,3)11-6-4-10(8-13)5-7-11/h4-8,13H,9-12,14H2,1-3H3,(H,21,24);4-7H,8H2,1-3H3,(H,14,15). The fraction of sp³-hybridized carbons (Fsp3) is 0.452. The number of nitrogens with zero attached hydrogens (tertiary/aromatic N) is 3. The molecule has 1 aromatic heterocycles. The highest BCUT2D eigenvalue weighted by Gasteiger charge is 2.23. The van der Waals surface area contributed by atoms with Gasteiger partial charge in [-0.1, -0.05) is 48.5 Å². The van der Waals surface area contributed by atoms with Gasteiger partial charge in [0, 0.05) is 64.0 Å². The number of halogens is 1. The second-order valence-corrected chi connectivity index (χ2v) is 12.4. The van der Waals surface area contributed by atoms with Crippen LogP contribution in [-0.4, -0.2) is 47.9 Å². The van der Waals surface area contributed by atoms with Gasteiger partial charge in [-0.25, -0.2) is 4.98 Å². The molecule has 0 bridgehead atoms. The van der Waals surface area contributed by atoms with Crippen LogP contribution in [0.15, 0.2) is 60.1 Å². The number of piperazine rings is 1. The average molecular weight is 584 g/mol. The van der Waals surface area contributed by atoms with E-state index in [0.717, 1.165) is 54.5 Å². The SMILES string of the molecule is CC(=O)NC(C)(C)c1ccc(CCl)cc1.CC(=O)NC(C)(C)c1ccc(CN2CCN(c3nccs3)CC2)cc1. The van der Waals surface area contributed by atoms with Crippen LogP contribution in [0.4, 0.5) is 5.13 Å². The number of amides is 2. The Hall–Kier alpha value is -2.94. The van der Waals surface area contributed by atoms with Gasteiger partial charge in [-0.2, -0.15) is 0 Å². The fourth-order valence-corrected chi connectivity index (χ4v) is 5.66. The van der Waals surface area contributed by atoms with E-state index < -0.39 is 0 Å². The van der Waals surface area contributed by atoms with Crippen LogP contribution in [-0.2, 0) is 33.1 Å². The lowest BCUT2D eigenvalue weighted by molar-refractivity contribution is -0.121. The second kappa shape index (κ2) is 14.1. The van der Waals surface area contributed by atoms with Crippen molar-refractivity contribution in [3.63, 3.8) is 0 Å². The van der Waals surface area contributed by atoms with Gasteiger partial charge < -0.3 is 15.5 Å². The number of anilines is 1. The molecule has 40 heavy (non-hydrogen) atoms. The van der Waals surface area contributed by atoms with Gasteiger partial charge in [-0.05, 0) is 49.9 Å². The van der Waals surface area contributed by atoms with Crippen molar-refractivity contribution in [2.45, 2.75) is 65.0 Å². The van der Waals surface area contributed by atoms with Gasteiger partial charge >= 0.3 is 0 Å². The van der Waals surface area contributed by atoms with E-state index in [4.69, 9.17) is 11.6 Å². The summed E-state index contributed by atoms with van der Waals surface area (Å²) >= 11 is 7.42. The molecule has 1 aliphatic rings. The lowest BCUT2D eigenvalue weighted by Gasteiger charge is -2.34. The third-order valence-electron chi connectivity index (χ3n) is 6.95. The molecular formula is C31H42ClN5O2S. The van der Waals surface area contributed by atoms with Crippen LogP contribution in [0.25, 0.3) is 0 Å². The molecule has 0 atom stereocenters. The maximum absolute atomic E-state index is 11.3. The molecule has 2 aromatic carbocycles. The number of carbonyl (C=O) groups excluding carboxylic acids is 2. The van der Waals surface area contributed by atoms with Crippen molar-refractivity contribution in [1.82, 2.24) is 20.5 Å². The van der Waals surface area contributed by atoms with E-state index in [0.29, 0.717) is 5.88 Å². The second-order valence-electron chi connectivity index (χ2n) is 11.2. The molecule has 9 heteroatoms. The molecule has 0 spiro atoms. The largest absolute Gasteiger partial charge is 0.347 e. The van der Waals surface area contributed by atoms with Crippen LogP contribution in [0.1, 0.15) is 63.8 Å².